The molecule has 2 heteroatoms. The van der Waals surface area contributed by atoms with E-state index in [0.717, 1.165) is 16.5 Å². The number of fused-ring (bicyclic) bond motifs is 1. The summed E-state index contributed by atoms with van der Waals surface area (Å²) < 4.78 is 2.08. The van der Waals surface area contributed by atoms with E-state index in [-0.39, 0.29) is 5.78 Å². The van der Waals surface area contributed by atoms with Crippen LogP contribution in [0.1, 0.15) is 21.5 Å². The predicted molar refractivity (Wildman–Crippen MR) is 82.1 cm³/mol. The molecule has 0 unspecified atom stereocenters. The molecule has 3 aromatic rings. The predicted octanol–water partition coefficient (Wildman–Crippen LogP) is 3.91. The van der Waals surface area contributed by atoms with Crippen molar-refractivity contribution in [3.05, 3.63) is 71.4 Å². The molecule has 0 atom stereocenters. The highest BCUT2D eigenvalue weighted by Gasteiger charge is 2.11. The molecule has 0 aliphatic carbocycles. The zero-order valence-corrected chi connectivity index (χ0v) is 11.8. The second-order valence-corrected chi connectivity index (χ2v) is 5.25. The molecular formula is C18H17NO. The molecule has 0 N–H and O–H groups in total. The molecule has 2 aromatic carbocycles. The normalized spacial score (nSPS) is 10.9. The van der Waals surface area contributed by atoms with Crippen LogP contribution in [0.4, 0.5) is 0 Å². The summed E-state index contributed by atoms with van der Waals surface area (Å²) in [4.78, 5) is 12.4. The van der Waals surface area contributed by atoms with Gasteiger partial charge in [0.1, 0.15) is 0 Å². The van der Waals surface area contributed by atoms with E-state index < -0.39 is 0 Å². The number of nitrogens with zero attached hydrogens (tertiary/aromatic N) is 1. The second-order valence-electron chi connectivity index (χ2n) is 5.25. The first-order chi connectivity index (χ1) is 9.65. The lowest BCUT2D eigenvalue weighted by molar-refractivity contribution is 0.0993. The Kier molecular flexibility index (Phi) is 3.15. The molecule has 0 spiro atoms. The van der Waals surface area contributed by atoms with Crippen LogP contribution in [0.5, 0.6) is 0 Å². The Balaban J connectivity index is 1.93. The second kappa shape index (κ2) is 4.97. The Morgan fingerprint density at radius 2 is 1.75 bits per heavy atom. The highest BCUT2D eigenvalue weighted by molar-refractivity contribution is 6.00. The largest absolute Gasteiger partial charge is 0.350 e. The number of carbonyl (C=O) groups is 1. The van der Waals surface area contributed by atoms with E-state index in [0.29, 0.717) is 6.42 Å². The Bertz CT molecular complexity index is 766. The van der Waals surface area contributed by atoms with Gasteiger partial charge in [-0.25, -0.2) is 0 Å². The Labute approximate surface area is 118 Å². The van der Waals surface area contributed by atoms with Gasteiger partial charge in [-0.05, 0) is 18.6 Å². The van der Waals surface area contributed by atoms with Crippen LogP contribution >= 0.6 is 0 Å². The van der Waals surface area contributed by atoms with Crippen molar-refractivity contribution < 1.29 is 4.79 Å². The Hall–Kier alpha value is -2.35. The van der Waals surface area contributed by atoms with Crippen LogP contribution in [0.2, 0.25) is 0 Å². The minimum absolute atomic E-state index is 0.168. The first-order valence-corrected chi connectivity index (χ1v) is 6.78. The minimum Gasteiger partial charge on any atom is -0.350 e. The maximum Gasteiger partial charge on any atom is 0.167 e. The van der Waals surface area contributed by atoms with Crippen LogP contribution in [0, 0.1) is 6.92 Å². The molecule has 0 fully saturated rings. The van der Waals surface area contributed by atoms with Crippen molar-refractivity contribution in [1.82, 2.24) is 4.57 Å². The third-order valence-electron chi connectivity index (χ3n) is 3.70. The van der Waals surface area contributed by atoms with Crippen molar-refractivity contribution in [1.29, 1.82) is 0 Å². The van der Waals surface area contributed by atoms with Gasteiger partial charge in [0.25, 0.3) is 0 Å². The fraction of sp³-hybridized carbons (Fsp3) is 0.167. The van der Waals surface area contributed by atoms with Crippen LogP contribution in [0.3, 0.4) is 0 Å². The molecule has 0 bridgehead atoms. The molecule has 2 nitrogen and oxygen atoms in total. The summed E-state index contributed by atoms with van der Waals surface area (Å²) in [5.74, 6) is 0.168. The molecule has 0 saturated heterocycles. The van der Waals surface area contributed by atoms with Crippen molar-refractivity contribution in [2.45, 2.75) is 13.3 Å². The quantitative estimate of drug-likeness (QED) is 0.657. The average molecular weight is 263 g/mol. The van der Waals surface area contributed by atoms with Gasteiger partial charge in [-0.3, -0.25) is 4.79 Å². The van der Waals surface area contributed by atoms with Gasteiger partial charge in [0, 0.05) is 36.1 Å². The molecule has 0 aliphatic heterocycles. The number of aromatic nitrogens is 1. The molecule has 100 valence electrons. The molecule has 20 heavy (non-hydrogen) atoms. The van der Waals surface area contributed by atoms with E-state index in [9.17, 15) is 4.79 Å². The van der Waals surface area contributed by atoms with Crippen LogP contribution in [0.25, 0.3) is 10.9 Å². The van der Waals surface area contributed by atoms with E-state index in [2.05, 4.69) is 22.9 Å². The lowest BCUT2D eigenvalue weighted by Crippen LogP contribution is -2.03. The molecule has 0 amide bonds. The van der Waals surface area contributed by atoms with Gasteiger partial charge in [-0.15, -0.1) is 0 Å². The average Bonchev–Trinajstić information content (AvgIpc) is 2.77. The number of hydrogen-bond acceptors (Lipinski definition) is 1. The maximum atomic E-state index is 12.4. The number of aryl methyl sites for hydroxylation is 2. The number of Topliss-reactive ketones (excluding diaryl/α,β-unsaturated/α-hetero) is 1. The minimum atomic E-state index is 0.168. The third-order valence-corrected chi connectivity index (χ3v) is 3.70. The van der Waals surface area contributed by atoms with E-state index in [1.165, 1.54) is 11.1 Å². The van der Waals surface area contributed by atoms with Crippen LogP contribution in [-0.4, -0.2) is 10.4 Å². The highest BCUT2D eigenvalue weighted by atomic mass is 16.1. The molecule has 0 saturated carbocycles. The van der Waals surface area contributed by atoms with Crippen molar-refractivity contribution in [3.63, 3.8) is 0 Å². The van der Waals surface area contributed by atoms with E-state index in [1.807, 2.05) is 50.4 Å². The topological polar surface area (TPSA) is 22.0 Å². The fourth-order valence-corrected chi connectivity index (χ4v) is 2.58. The van der Waals surface area contributed by atoms with E-state index in [4.69, 9.17) is 0 Å². The van der Waals surface area contributed by atoms with Crippen LogP contribution in [0.15, 0.2) is 54.7 Å². The number of ketones is 1. The first kappa shape index (κ1) is 12.7. The maximum absolute atomic E-state index is 12.4. The van der Waals surface area contributed by atoms with Crippen molar-refractivity contribution in [2.24, 2.45) is 7.05 Å². The summed E-state index contributed by atoms with van der Waals surface area (Å²) in [5.41, 5.74) is 4.21. The van der Waals surface area contributed by atoms with E-state index in [1.54, 1.807) is 0 Å². The Morgan fingerprint density at radius 1 is 1.05 bits per heavy atom. The van der Waals surface area contributed by atoms with Gasteiger partial charge in [-0.2, -0.15) is 0 Å². The summed E-state index contributed by atoms with van der Waals surface area (Å²) in [7, 11) is 2.02. The number of benzene rings is 2. The summed E-state index contributed by atoms with van der Waals surface area (Å²) in [5, 5.41) is 1.16. The van der Waals surface area contributed by atoms with Gasteiger partial charge < -0.3 is 4.57 Å². The highest BCUT2D eigenvalue weighted by Crippen LogP contribution is 2.21. The van der Waals surface area contributed by atoms with E-state index >= 15 is 0 Å². The van der Waals surface area contributed by atoms with Gasteiger partial charge in [0.05, 0.1) is 0 Å². The summed E-state index contributed by atoms with van der Waals surface area (Å²) in [6.45, 7) is 2.03. The van der Waals surface area contributed by atoms with Crippen molar-refractivity contribution >= 4 is 16.7 Å². The smallest absolute Gasteiger partial charge is 0.167 e. The summed E-state index contributed by atoms with van der Waals surface area (Å²) >= 11 is 0. The number of carbonyl (C=O) groups excluding carboxylic acids is 1. The lowest BCUT2D eigenvalue weighted by Gasteiger charge is -2.01. The van der Waals surface area contributed by atoms with Crippen LogP contribution in [-0.2, 0) is 13.5 Å². The van der Waals surface area contributed by atoms with Crippen molar-refractivity contribution in [2.75, 3.05) is 0 Å². The number of para-hydroxylation sites is 1. The molecule has 1 aromatic heterocycles. The third kappa shape index (κ3) is 2.25. The van der Waals surface area contributed by atoms with Crippen molar-refractivity contribution in [3.8, 4) is 0 Å². The molecule has 1 heterocycles. The molecule has 3 rings (SSSR count). The van der Waals surface area contributed by atoms with Gasteiger partial charge in [-0.1, -0.05) is 48.0 Å². The van der Waals surface area contributed by atoms with Crippen LogP contribution < -0.4 is 0 Å². The number of hydrogen-bond donors (Lipinski definition) is 0. The standard InChI is InChI=1S/C18H17NO/c1-13-7-9-14(10-8-13)18(20)11-15-12-19(2)17-6-4-3-5-16(15)17/h3-10,12H,11H2,1-2H3. The lowest BCUT2D eigenvalue weighted by atomic mass is 10.0. The molecule has 0 radical (unpaired) electrons. The number of rotatable bonds is 3. The van der Waals surface area contributed by atoms with Gasteiger partial charge in [0.15, 0.2) is 5.78 Å². The monoisotopic (exact) mass is 263 g/mol. The SMILES string of the molecule is Cc1ccc(C(=O)Cc2cn(C)c3ccccc23)cc1. The summed E-state index contributed by atoms with van der Waals surface area (Å²) in [6.07, 6.45) is 2.50. The summed E-state index contributed by atoms with van der Waals surface area (Å²) in [6, 6.07) is 16.0. The first-order valence-electron chi connectivity index (χ1n) is 6.78. The molecule has 0 aliphatic rings. The molecular weight excluding hydrogens is 246 g/mol. The van der Waals surface area contributed by atoms with Gasteiger partial charge in [0.2, 0.25) is 0 Å². The zero-order chi connectivity index (χ0) is 14.1. The zero-order valence-electron chi connectivity index (χ0n) is 11.8. The van der Waals surface area contributed by atoms with Gasteiger partial charge >= 0.3 is 0 Å². The Morgan fingerprint density at radius 3 is 2.50 bits per heavy atom. The fourth-order valence-electron chi connectivity index (χ4n) is 2.58.